The van der Waals surface area contributed by atoms with Crippen LogP contribution in [0.5, 0.6) is 0 Å². The maximum Gasteiger partial charge on any atom is 0.00966 e. The van der Waals surface area contributed by atoms with Gasteiger partial charge < -0.3 is 5.32 Å². The summed E-state index contributed by atoms with van der Waals surface area (Å²) in [7, 11) is 0. The highest BCUT2D eigenvalue weighted by atomic mass is 32.1. The predicted molar refractivity (Wildman–Crippen MR) is 90.4 cm³/mol. The summed E-state index contributed by atoms with van der Waals surface area (Å²) in [5, 5.41) is 5.94. The Labute approximate surface area is 129 Å². The second-order valence-electron chi connectivity index (χ2n) is 7.69. The Morgan fingerprint density at radius 1 is 1.25 bits per heavy atom. The molecule has 1 nitrogen and oxygen atoms in total. The molecule has 2 heteroatoms. The van der Waals surface area contributed by atoms with Crippen LogP contribution >= 0.6 is 11.3 Å². The molecule has 0 radical (unpaired) electrons. The van der Waals surface area contributed by atoms with Crippen LogP contribution in [-0.4, -0.2) is 12.1 Å². The number of hydrogen-bond donors (Lipinski definition) is 1. The molecule has 1 aliphatic rings. The largest absolute Gasteiger partial charge is 0.312 e. The fourth-order valence-electron chi connectivity index (χ4n) is 3.40. The van der Waals surface area contributed by atoms with E-state index in [9.17, 15) is 0 Å². The molecule has 0 spiro atoms. The second-order valence-corrected chi connectivity index (χ2v) is 8.72. The molecule has 1 heterocycles. The summed E-state index contributed by atoms with van der Waals surface area (Å²) in [6.45, 7) is 10.5. The molecule has 1 saturated carbocycles. The van der Waals surface area contributed by atoms with Crippen LogP contribution in [0.4, 0.5) is 0 Å². The summed E-state index contributed by atoms with van der Waals surface area (Å²) >= 11 is 1.92. The number of hydrogen-bond acceptors (Lipinski definition) is 2. The molecule has 0 amide bonds. The zero-order chi connectivity index (χ0) is 14.6. The average Bonchev–Trinajstić information content (AvgIpc) is 2.87. The van der Waals surface area contributed by atoms with Crippen LogP contribution in [-0.2, 0) is 6.42 Å². The molecule has 114 valence electrons. The monoisotopic (exact) mass is 293 g/mol. The van der Waals surface area contributed by atoms with Crippen LogP contribution in [0.25, 0.3) is 0 Å². The Morgan fingerprint density at radius 3 is 2.70 bits per heavy atom. The number of rotatable bonds is 5. The van der Waals surface area contributed by atoms with Gasteiger partial charge in [-0.1, -0.05) is 19.4 Å². The lowest BCUT2D eigenvalue weighted by Crippen LogP contribution is -2.42. The van der Waals surface area contributed by atoms with E-state index < -0.39 is 0 Å². The van der Waals surface area contributed by atoms with Gasteiger partial charge in [-0.25, -0.2) is 0 Å². The molecule has 0 aromatic carbocycles. The third-order valence-electron chi connectivity index (χ3n) is 4.64. The van der Waals surface area contributed by atoms with Crippen molar-refractivity contribution in [3.05, 3.63) is 22.4 Å². The van der Waals surface area contributed by atoms with Gasteiger partial charge in [0.2, 0.25) is 0 Å². The fraction of sp³-hybridized carbons (Fsp3) is 0.778. The van der Waals surface area contributed by atoms with Gasteiger partial charge in [0.15, 0.2) is 0 Å². The first-order chi connectivity index (χ1) is 9.44. The van der Waals surface area contributed by atoms with E-state index in [0.717, 1.165) is 17.8 Å². The van der Waals surface area contributed by atoms with E-state index in [2.05, 4.69) is 50.5 Å². The van der Waals surface area contributed by atoms with Gasteiger partial charge in [0.05, 0.1) is 0 Å². The Balaban J connectivity index is 1.86. The van der Waals surface area contributed by atoms with Crippen molar-refractivity contribution in [1.29, 1.82) is 0 Å². The molecule has 2 rings (SSSR count). The van der Waals surface area contributed by atoms with E-state index >= 15 is 0 Å². The zero-order valence-corrected chi connectivity index (χ0v) is 14.4. The smallest absolute Gasteiger partial charge is 0.00966 e. The van der Waals surface area contributed by atoms with E-state index in [4.69, 9.17) is 0 Å². The molecule has 0 saturated heterocycles. The van der Waals surface area contributed by atoms with E-state index in [-0.39, 0.29) is 5.54 Å². The molecule has 20 heavy (non-hydrogen) atoms. The lowest BCUT2D eigenvalue weighted by molar-refractivity contribution is 0.166. The third-order valence-corrected chi connectivity index (χ3v) is 5.57. The van der Waals surface area contributed by atoms with Gasteiger partial charge in [-0.3, -0.25) is 0 Å². The Hall–Kier alpha value is -0.340. The van der Waals surface area contributed by atoms with E-state index in [0.29, 0.717) is 0 Å². The molecule has 3 atom stereocenters. The number of aryl methyl sites for hydroxylation is 1. The highest BCUT2D eigenvalue weighted by Gasteiger charge is 2.29. The highest BCUT2D eigenvalue weighted by molar-refractivity contribution is 7.09. The van der Waals surface area contributed by atoms with Gasteiger partial charge >= 0.3 is 0 Å². The van der Waals surface area contributed by atoms with E-state index in [1.165, 1.54) is 38.6 Å². The Kier molecular flexibility index (Phi) is 5.68. The molecule has 1 aliphatic carbocycles. The van der Waals surface area contributed by atoms with Crippen LogP contribution in [0, 0.1) is 17.8 Å². The van der Waals surface area contributed by atoms with Crippen molar-refractivity contribution in [2.24, 2.45) is 17.8 Å². The second kappa shape index (κ2) is 7.09. The first kappa shape index (κ1) is 16.0. The molecule has 1 aromatic rings. The van der Waals surface area contributed by atoms with Gasteiger partial charge in [0, 0.05) is 10.4 Å². The van der Waals surface area contributed by atoms with Gasteiger partial charge in [0.1, 0.15) is 0 Å². The summed E-state index contributed by atoms with van der Waals surface area (Å²) < 4.78 is 0. The van der Waals surface area contributed by atoms with Crippen LogP contribution < -0.4 is 5.32 Å². The van der Waals surface area contributed by atoms with Crippen LogP contribution in [0.1, 0.15) is 58.3 Å². The lowest BCUT2D eigenvalue weighted by Gasteiger charge is -2.37. The van der Waals surface area contributed by atoms with Crippen molar-refractivity contribution >= 4 is 11.3 Å². The quantitative estimate of drug-likeness (QED) is 0.794. The van der Waals surface area contributed by atoms with Crippen molar-refractivity contribution in [3.8, 4) is 0 Å². The molecule has 1 aromatic heterocycles. The van der Waals surface area contributed by atoms with Crippen molar-refractivity contribution in [3.63, 3.8) is 0 Å². The minimum atomic E-state index is 0.251. The highest BCUT2D eigenvalue weighted by Crippen LogP contribution is 2.36. The van der Waals surface area contributed by atoms with Crippen LogP contribution in [0.2, 0.25) is 0 Å². The first-order valence-electron chi connectivity index (χ1n) is 8.21. The molecular formula is C18H31NS. The molecule has 3 unspecified atom stereocenters. The first-order valence-corrected chi connectivity index (χ1v) is 9.09. The van der Waals surface area contributed by atoms with Crippen molar-refractivity contribution in [2.45, 2.75) is 65.3 Å². The fourth-order valence-corrected chi connectivity index (χ4v) is 4.13. The van der Waals surface area contributed by atoms with Gasteiger partial charge in [-0.2, -0.15) is 0 Å². The Bertz CT molecular complexity index is 377. The molecule has 1 fully saturated rings. The third kappa shape index (κ3) is 5.21. The average molecular weight is 294 g/mol. The Morgan fingerprint density at radius 2 is 2.05 bits per heavy atom. The van der Waals surface area contributed by atoms with Crippen LogP contribution in [0.3, 0.4) is 0 Å². The van der Waals surface area contributed by atoms with E-state index in [1.54, 1.807) is 4.88 Å². The minimum absolute atomic E-state index is 0.251. The molecule has 0 bridgehead atoms. The molecule has 0 aliphatic heterocycles. The summed E-state index contributed by atoms with van der Waals surface area (Å²) in [5.41, 5.74) is 0.251. The zero-order valence-electron chi connectivity index (χ0n) is 13.6. The van der Waals surface area contributed by atoms with Gasteiger partial charge in [0.25, 0.3) is 0 Å². The summed E-state index contributed by atoms with van der Waals surface area (Å²) in [4.78, 5) is 1.56. The van der Waals surface area contributed by atoms with Crippen molar-refractivity contribution < 1.29 is 0 Å². The minimum Gasteiger partial charge on any atom is -0.312 e. The SMILES string of the molecule is CC1CCC(CNC(C)(C)C)C(CCc2cccs2)C1. The standard InChI is InChI=1S/C18H31NS/c1-14-7-8-16(13-19-18(2,3)4)15(12-14)9-10-17-6-5-11-20-17/h5-6,11,14-16,19H,7-10,12-13H2,1-4H3. The number of thiophene rings is 1. The number of nitrogens with one attached hydrogen (secondary N) is 1. The van der Waals surface area contributed by atoms with Gasteiger partial charge in [-0.15, -0.1) is 11.3 Å². The van der Waals surface area contributed by atoms with Crippen molar-refractivity contribution in [2.75, 3.05) is 6.54 Å². The summed E-state index contributed by atoms with van der Waals surface area (Å²) in [6.07, 6.45) is 6.93. The van der Waals surface area contributed by atoms with Crippen molar-refractivity contribution in [1.82, 2.24) is 5.32 Å². The maximum atomic E-state index is 3.73. The van der Waals surface area contributed by atoms with Gasteiger partial charge in [-0.05, 0) is 82.2 Å². The van der Waals surface area contributed by atoms with E-state index in [1.807, 2.05) is 11.3 Å². The molecule has 1 N–H and O–H groups in total. The normalized spacial score (nSPS) is 27.7. The van der Waals surface area contributed by atoms with Crippen LogP contribution in [0.15, 0.2) is 17.5 Å². The summed E-state index contributed by atoms with van der Waals surface area (Å²) in [5.74, 6) is 2.72. The lowest BCUT2D eigenvalue weighted by atomic mass is 9.72. The topological polar surface area (TPSA) is 12.0 Å². The predicted octanol–water partition coefficient (Wildman–Crippen LogP) is 5.12. The molecular weight excluding hydrogens is 262 g/mol. The summed E-state index contributed by atoms with van der Waals surface area (Å²) in [6, 6.07) is 4.47. The maximum absolute atomic E-state index is 3.73.